The largest absolute Gasteiger partial charge is 0.478 e. The minimum Gasteiger partial charge on any atom is -0.478 e. The van der Waals surface area contributed by atoms with Gasteiger partial charge in [-0.3, -0.25) is 19.2 Å². The predicted molar refractivity (Wildman–Crippen MR) is 248 cm³/mol. The summed E-state index contributed by atoms with van der Waals surface area (Å²) in [5, 5.41) is 31.8. The van der Waals surface area contributed by atoms with E-state index in [2.05, 4.69) is 31.2 Å². The lowest BCUT2D eigenvalue weighted by molar-refractivity contribution is 0.0435. The number of nitrogens with one attached hydrogen (secondary N) is 4. The van der Waals surface area contributed by atoms with Crippen LogP contribution in [0.25, 0.3) is 21.5 Å². The summed E-state index contributed by atoms with van der Waals surface area (Å²) in [5.74, 6) is -2.57. The third kappa shape index (κ3) is 12.0. The van der Waals surface area contributed by atoms with Crippen LogP contribution in [0.1, 0.15) is 88.1 Å². The van der Waals surface area contributed by atoms with E-state index < -0.39 is 23.8 Å². The number of anilines is 2. The van der Waals surface area contributed by atoms with E-state index in [0.29, 0.717) is 89.6 Å². The summed E-state index contributed by atoms with van der Waals surface area (Å²) in [7, 11) is 0. The Kier molecular flexibility index (Phi) is 16.3. The number of carboxylic acids is 1. The van der Waals surface area contributed by atoms with Crippen LogP contribution in [0.3, 0.4) is 0 Å². The van der Waals surface area contributed by atoms with Crippen LogP contribution in [0.2, 0.25) is 0 Å². The number of esters is 1. The van der Waals surface area contributed by atoms with Crippen molar-refractivity contribution < 1.29 is 53.2 Å². The molecule has 4 heterocycles. The summed E-state index contributed by atoms with van der Waals surface area (Å²) >= 11 is 0. The molecule has 2 aliphatic heterocycles. The summed E-state index contributed by atoms with van der Waals surface area (Å²) in [4.78, 5) is 84.1. The van der Waals surface area contributed by atoms with Crippen molar-refractivity contribution in [2.45, 2.75) is 25.7 Å². The molecule has 0 radical (unpaired) electrons. The summed E-state index contributed by atoms with van der Waals surface area (Å²) in [6.45, 7) is 3.42. The van der Waals surface area contributed by atoms with Gasteiger partial charge >= 0.3 is 11.9 Å². The molecule has 0 unspecified atom stereocenters. The lowest BCUT2D eigenvalue weighted by Gasteiger charge is -2.22. The quantitative estimate of drug-likeness (QED) is 0.0674. The zero-order chi connectivity index (χ0) is 47.1. The van der Waals surface area contributed by atoms with E-state index in [0.717, 1.165) is 25.7 Å². The Morgan fingerprint density at radius 1 is 0.537 bits per heavy atom. The molecule has 17 nitrogen and oxygen atoms in total. The van der Waals surface area contributed by atoms with Crippen LogP contribution < -0.4 is 21.3 Å². The lowest BCUT2D eigenvalue weighted by atomic mass is 9.99. The fourth-order valence-electron chi connectivity index (χ4n) is 7.87. The standard InChI is InChI=1S/C26H27N3O6.C24H23N3O5/c30-12-15-35-26(33)21-8-7-20(18-4-1-2-5-19(18)21)24(31)29-22-6-3-11-27-23(22)25(32)28-16-17-9-13-34-14-10-17;28-22(18-7-8-19(24(30)31)17-5-2-1-4-16(17)18)27-20-6-3-11-25-21(20)23(29)26-14-15-9-12-32-13-10-15/h1-8,11,17,30H,9-10,12-16H2,(H,28,32)(H,29,31);1-8,11,15H,9-10,12-14H2,(H,26,29)(H,27,28)(H,30,31). The Morgan fingerprint density at radius 2 is 0.940 bits per heavy atom. The van der Waals surface area contributed by atoms with Gasteiger partial charge in [0.2, 0.25) is 0 Å². The predicted octanol–water partition coefficient (Wildman–Crippen LogP) is 6.13. The van der Waals surface area contributed by atoms with Gasteiger partial charge in [0.25, 0.3) is 23.6 Å². The monoisotopic (exact) mass is 910 g/mol. The van der Waals surface area contributed by atoms with E-state index in [1.807, 2.05) is 0 Å². The van der Waals surface area contributed by atoms with Gasteiger partial charge in [0, 0.05) is 63.0 Å². The minimum atomic E-state index is -1.07. The molecule has 67 heavy (non-hydrogen) atoms. The number of carbonyl (C=O) groups is 6. The number of aromatic nitrogens is 2. The first-order valence-electron chi connectivity index (χ1n) is 21.9. The number of carbonyl (C=O) groups excluding carboxylic acids is 5. The lowest BCUT2D eigenvalue weighted by Crippen LogP contribution is -2.33. The zero-order valence-electron chi connectivity index (χ0n) is 36.5. The van der Waals surface area contributed by atoms with Gasteiger partial charge in [-0.2, -0.15) is 0 Å². The van der Waals surface area contributed by atoms with Crippen LogP contribution in [0, 0.1) is 11.8 Å². The van der Waals surface area contributed by atoms with Gasteiger partial charge in [0.15, 0.2) is 11.4 Å². The van der Waals surface area contributed by atoms with Crippen molar-refractivity contribution in [3.63, 3.8) is 0 Å². The molecule has 2 saturated heterocycles. The molecule has 0 spiro atoms. The first kappa shape index (κ1) is 47.4. The summed E-state index contributed by atoms with van der Waals surface area (Å²) in [6, 6.07) is 26.2. The number of carboxylic acid groups (broad SMARTS) is 1. The van der Waals surface area contributed by atoms with Gasteiger partial charge in [0.05, 0.1) is 29.1 Å². The van der Waals surface area contributed by atoms with Gasteiger partial charge < -0.3 is 45.7 Å². The third-order valence-corrected chi connectivity index (χ3v) is 11.4. The summed E-state index contributed by atoms with van der Waals surface area (Å²) in [5.41, 5.74) is 1.87. The Hall–Kier alpha value is -7.60. The van der Waals surface area contributed by atoms with Crippen LogP contribution in [0.4, 0.5) is 11.4 Å². The first-order chi connectivity index (χ1) is 32.6. The molecular formula is C50H50N6O11. The Labute approximate surface area is 385 Å². The van der Waals surface area contributed by atoms with Crippen LogP contribution in [-0.4, -0.2) is 108 Å². The molecule has 4 aromatic carbocycles. The van der Waals surface area contributed by atoms with Crippen molar-refractivity contribution >= 4 is 68.5 Å². The van der Waals surface area contributed by atoms with Gasteiger partial charge in [-0.25, -0.2) is 19.6 Å². The maximum Gasteiger partial charge on any atom is 0.338 e. The van der Waals surface area contributed by atoms with E-state index in [1.54, 1.807) is 72.8 Å². The highest BCUT2D eigenvalue weighted by Crippen LogP contribution is 2.27. The van der Waals surface area contributed by atoms with Crippen LogP contribution in [0.15, 0.2) is 109 Å². The number of hydrogen-bond donors (Lipinski definition) is 6. The minimum absolute atomic E-state index is 0.115. The van der Waals surface area contributed by atoms with Crippen molar-refractivity contribution in [3.05, 3.63) is 143 Å². The van der Waals surface area contributed by atoms with E-state index in [4.69, 9.17) is 19.3 Å². The highest BCUT2D eigenvalue weighted by atomic mass is 16.5. The van der Waals surface area contributed by atoms with Gasteiger partial charge in [-0.1, -0.05) is 48.5 Å². The highest BCUT2D eigenvalue weighted by molar-refractivity contribution is 6.18. The molecule has 17 heteroatoms. The number of pyridine rings is 2. The molecule has 6 N–H and O–H groups in total. The number of fused-ring (bicyclic) bond motifs is 2. The Morgan fingerprint density at radius 3 is 1.37 bits per heavy atom. The molecule has 8 rings (SSSR count). The smallest absolute Gasteiger partial charge is 0.338 e. The fraction of sp³-hybridized carbons (Fsp3) is 0.280. The molecule has 6 aromatic rings. The first-order valence-corrected chi connectivity index (χ1v) is 21.9. The van der Waals surface area contributed by atoms with Gasteiger partial charge in [-0.05, 0) is 108 Å². The van der Waals surface area contributed by atoms with Crippen LogP contribution >= 0.6 is 0 Å². The average molecular weight is 911 g/mol. The molecule has 0 bridgehead atoms. The van der Waals surface area contributed by atoms with Crippen LogP contribution in [0.5, 0.6) is 0 Å². The Balaban J connectivity index is 0.000000200. The normalized spacial score (nSPS) is 14.0. The number of aliphatic hydroxyl groups is 1. The number of benzene rings is 4. The topological polar surface area (TPSA) is 244 Å². The van der Waals surface area contributed by atoms with Crippen molar-refractivity contribution in [2.24, 2.45) is 11.8 Å². The number of nitrogens with zero attached hydrogens (tertiary/aromatic N) is 2. The average Bonchev–Trinajstić information content (AvgIpc) is 3.36. The van der Waals surface area contributed by atoms with Gasteiger partial charge in [0.1, 0.15) is 6.61 Å². The SMILES string of the molecule is O=C(NCC1CCOCC1)c1ncccc1NC(=O)c1ccc(C(=O)O)c2ccccc12.O=C(NCC1CCOCC1)c1ncccc1NC(=O)c1ccc(C(=O)OCCO)c2ccccc12. The maximum absolute atomic E-state index is 13.2. The third-order valence-electron chi connectivity index (χ3n) is 11.4. The summed E-state index contributed by atoms with van der Waals surface area (Å²) in [6.07, 6.45) is 6.57. The molecule has 0 atom stereocenters. The molecule has 2 fully saturated rings. The van der Waals surface area contributed by atoms with E-state index in [9.17, 15) is 33.9 Å². The summed E-state index contributed by atoms with van der Waals surface area (Å²) < 4.78 is 15.7. The molecule has 346 valence electrons. The molecule has 0 saturated carbocycles. The number of aliphatic hydroxyl groups excluding tert-OH is 1. The second-order valence-corrected chi connectivity index (χ2v) is 15.8. The van der Waals surface area contributed by atoms with Crippen molar-refractivity contribution in [1.82, 2.24) is 20.6 Å². The fourth-order valence-corrected chi connectivity index (χ4v) is 7.87. The molecular weight excluding hydrogens is 861 g/mol. The van der Waals surface area contributed by atoms with Crippen molar-refractivity contribution in [1.29, 1.82) is 0 Å². The van der Waals surface area contributed by atoms with Crippen molar-refractivity contribution in [3.8, 4) is 0 Å². The maximum atomic E-state index is 13.2. The van der Waals surface area contributed by atoms with Crippen LogP contribution in [-0.2, 0) is 14.2 Å². The van der Waals surface area contributed by atoms with E-state index in [1.165, 1.54) is 36.7 Å². The molecule has 4 amide bonds. The highest BCUT2D eigenvalue weighted by Gasteiger charge is 2.23. The number of ether oxygens (including phenoxy) is 3. The molecule has 0 aliphatic carbocycles. The second kappa shape index (κ2) is 23.0. The Bertz CT molecular complexity index is 2770. The zero-order valence-corrected chi connectivity index (χ0v) is 36.5. The number of aromatic carboxylic acids is 1. The molecule has 2 aliphatic rings. The molecule has 2 aromatic heterocycles. The second-order valence-electron chi connectivity index (χ2n) is 15.8. The van der Waals surface area contributed by atoms with Gasteiger partial charge in [-0.15, -0.1) is 0 Å². The van der Waals surface area contributed by atoms with Crippen molar-refractivity contribution in [2.75, 3.05) is 63.4 Å². The van der Waals surface area contributed by atoms with E-state index >= 15 is 0 Å². The number of amides is 4. The number of hydrogen-bond acceptors (Lipinski definition) is 12. The van der Waals surface area contributed by atoms with E-state index in [-0.39, 0.29) is 53.4 Å². The number of rotatable bonds is 14.